The van der Waals surface area contributed by atoms with E-state index in [1.54, 1.807) is 0 Å². The van der Waals surface area contributed by atoms with Gasteiger partial charge in [-0.1, -0.05) is 6.92 Å². The fourth-order valence-electron chi connectivity index (χ4n) is 2.04. The van der Waals surface area contributed by atoms with E-state index in [0.29, 0.717) is 6.54 Å². The second kappa shape index (κ2) is 4.17. The van der Waals surface area contributed by atoms with Gasteiger partial charge in [0.2, 0.25) is 0 Å². The van der Waals surface area contributed by atoms with E-state index in [1.165, 1.54) is 0 Å². The third-order valence-electron chi connectivity index (χ3n) is 3.95. The minimum atomic E-state index is 0.0690. The van der Waals surface area contributed by atoms with Crippen molar-refractivity contribution in [3.05, 3.63) is 0 Å². The van der Waals surface area contributed by atoms with Crippen LogP contribution < -0.4 is 5.73 Å². The van der Waals surface area contributed by atoms with Gasteiger partial charge in [0.1, 0.15) is 0 Å². The van der Waals surface area contributed by atoms with Gasteiger partial charge in [-0.2, -0.15) is 0 Å². The first-order valence-electron chi connectivity index (χ1n) is 5.50. The summed E-state index contributed by atoms with van der Waals surface area (Å²) < 4.78 is 5.49. The Kier molecular flexibility index (Phi) is 3.56. The maximum absolute atomic E-state index is 5.90. The first-order chi connectivity index (χ1) is 6.48. The van der Waals surface area contributed by atoms with Crippen LogP contribution in [0.1, 0.15) is 33.6 Å². The van der Waals surface area contributed by atoms with Crippen LogP contribution in [-0.2, 0) is 4.74 Å². The Hall–Kier alpha value is -0.120. The molecule has 0 aromatic rings. The van der Waals surface area contributed by atoms with Crippen molar-refractivity contribution in [3.63, 3.8) is 0 Å². The molecule has 1 aliphatic rings. The van der Waals surface area contributed by atoms with Gasteiger partial charge in [-0.25, -0.2) is 0 Å². The second-order valence-electron chi connectivity index (χ2n) is 4.96. The molecule has 3 nitrogen and oxygen atoms in total. The standard InChI is InChI=1S/C11H24N2O/c1-5-10(2,3)13(4)11(8-12)6-7-14-9-11/h5-9,12H2,1-4H3. The molecule has 3 heteroatoms. The molecule has 0 saturated carbocycles. The summed E-state index contributed by atoms with van der Waals surface area (Å²) >= 11 is 0. The van der Waals surface area contributed by atoms with Crippen LogP contribution in [-0.4, -0.2) is 42.8 Å². The molecule has 0 amide bonds. The molecule has 0 aliphatic carbocycles. The number of likely N-dealkylation sites (N-methyl/N-ethyl adjacent to an activating group) is 1. The summed E-state index contributed by atoms with van der Waals surface area (Å²) in [7, 11) is 2.17. The summed E-state index contributed by atoms with van der Waals surface area (Å²) in [6.07, 6.45) is 2.19. The lowest BCUT2D eigenvalue weighted by Crippen LogP contribution is -2.60. The molecule has 0 radical (unpaired) electrons. The molecule has 1 aliphatic heterocycles. The van der Waals surface area contributed by atoms with Gasteiger partial charge < -0.3 is 10.5 Å². The van der Waals surface area contributed by atoms with E-state index in [1.807, 2.05) is 0 Å². The Bertz CT molecular complexity index is 186. The smallest absolute Gasteiger partial charge is 0.0663 e. The van der Waals surface area contributed by atoms with Gasteiger partial charge in [0.25, 0.3) is 0 Å². The van der Waals surface area contributed by atoms with Crippen LogP contribution in [0.4, 0.5) is 0 Å². The molecule has 2 N–H and O–H groups in total. The molecule has 84 valence electrons. The molecular formula is C11H24N2O. The predicted molar refractivity (Wildman–Crippen MR) is 59.4 cm³/mol. The van der Waals surface area contributed by atoms with Crippen LogP contribution in [0.2, 0.25) is 0 Å². The quantitative estimate of drug-likeness (QED) is 0.741. The Morgan fingerprint density at radius 2 is 2.14 bits per heavy atom. The number of rotatable bonds is 4. The molecular weight excluding hydrogens is 176 g/mol. The molecule has 1 unspecified atom stereocenters. The van der Waals surface area contributed by atoms with Crippen LogP contribution in [0.5, 0.6) is 0 Å². The van der Waals surface area contributed by atoms with E-state index in [4.69, 9.17) is 10.5 Å². The Labute approximate surface area is 87.6 Å². The summed E-state index contributed by atoms with van der Waals surface area (Å²) in [5, 5.41) is 0. The summed E-state index contributed by atoms with van der Waals surface area (Å²) in [5.74, 6) is 0. The number of nitrogens with two attached hydrogens (primary N) is 1. The van der Waals surface area contributed by atoms with Crippen molar-refractivity contribution in [1.82, 2.24) is 4.90 Å². The lowest BCUT2D eigenvalue weighted by molar-refractivity contribution is 0.0153. The van der Waals surface area contributed by atoms with Crippen molar-refractivity contribution in [2.75, 3.05) is 26.8 Å². The second-order valence-corrected chi connectivity index (χ2v) is 4.96. The van der Waals surface area contributed by atoms with E-state index < -0.39 is 0 Å². The molecule has 0 spiro atoms. The number of nitrogens with zero attached hydrogens (tertiary/aromatic N) is 1. The van der Waals surface area contributed by atoms with Crippen LogP contribution in [0.25, 0.3) is 0 Å². The van der Waals surface area contributed by atoms with Gasteiger partial charge in [-0.05, 0) is 33.7 Å². The molecule has 1 rings (SSSR count). The largest absolute Gasteiger partial charge is 0.379 e. The van der Waals surface area contributed by atoms with E-state index in [-0.39, 0.29) is 11.1 Å². The monoisotopic (exact) mass is 200 g/mol. The lowest BCUT2D eigenvalue weighted by atomic mass is 9.89. The molecule has 1 atom stereocenters. The van der Waals surface area contributed by atoms with Crippen molar-refractivity contribution in [2.45, 2.75) is 44.7 Å². The Morgan fingerprint density at radius 3 is 2.50 bits per heavy atom. The highest BCUT2D eigenvalue weighted by atomic mass is 16.5. The fraction of sp³-hybridized carbons (Fsp3) is 1.00. The molecule has 1 saturated heterocycles. The SMILES string of the molecule is CCC(C)(C)N(C)C1(CN)CCOC1. The number of ether oxygens (including phenoxy) is 1. The van der Waals surface area contributed by atoms with Crippen LogP contribution in [0, 0.1) is 0 Å². The molecule has 0 bridgehead atoms. The first kappa shape index (κ1) is 12.0. The zero-order valence-electron chi connectivity index (χ0n) is 9.97. The van der Waals surface area contributed by atoms with Crippen molar-refractivity contribution in [1.29, 1.82) is 0 Å². The number of hydrogen-bond acceptors (Lipinski definition) is 3. The van der Waals surface area contributed by atoms with Gasteiger partial charge in [0.05, 0.1) is 12.1 Å². The summed E-state index contributed by atoms with van der Waals surface area (Å²) in [6.45, 7) is 9.07. The predicted octanol–water partition coefficient (Wildman–Crippen LogP) is 1.22. The van der Waals surface area contributed by atoms with Crippen LogP contribution in [0.3, 0.4) is 0 Å². The molecule has 0 aromatic carbocycles. The zero-order valence-corrected chi connectivity index (χ0v) is 9.97. The Morgan fingerprint density at radius 1 is 1.50 bits per heavy atom. The molecule has 1 fully saturated rings. The highest BCUT2D eigenvalue weighted by molar-refractivity contribution is 4.99. The van der Waals surface area contributed by atoms with E-state index in [9.17, 15) is 0 Å². The highest BCUT2D eigenvalue weighted by Crippen LogP contribution is 2.31. The normalized spacial score (nSPS) is 28.7. The van der Waals surface area contributed by atoms with Gasteiger partial charge in [0.15, 0.2) is 0 Å². The van der Waals surface area contributed by atoms with E-state index in [0.717, 1.165) is 26.1 Å². The van der Waals surface area contributed by atoms with E-state index >= 15 is 0 Å². The van der Waals surface area contributed by atoms with Crippen LogP contribution in [0.15, 0.2) is 0 Å². The lowest BCUT2D eigenvalue weighted by Gasteiger charge is -2.46. The van der Waals surface area contributed by atoms with Crippen LogP contribution >= 0.6 is 0 Å². The van der Waals surface area contributed by atoms with E-state index in [2.05, 4.69) is 32.7 Å². The zero-order chi connectivity index (χ0) is 10.8. The maximum atomic E-state index is 5.90. The van der Waals surface area contributed by atoms with Crippen molar-refractivity contribution in [2.24, 2.45) is 5.73 Å². The van der Waals surface area contributed by atoms with Gasteiger partial charge in [0, 0.05) is 18.7 Å². The first-order valence-corrected chi connectivity index (χ1v) is 5.50. The average Bonchev–Trinajstić information content (AvgIpc) is 2.66. The molecule has 0 aromatic heterocycles. The maximum Gasteiger partial charge on any atom is 0.0663 e. The fourth-order valence-corrected chi connectivity index (χ4v) is 2.04. The van der Waals surface area contributed by atoms with Gasteiger partial charge in [-0.3, -0.25) is 4.90 Å². The Balaban J connectivity index is 2.79. The van der Waals surface area contributed by atoms with Crippen molar-refractivity contribution >= 4 is 0 Å². The van der Waals surface area contributed by atoms with Gasteiger partial charge >= 0.3 is 0 Å². The number of hydrogen-bond donors (Lipinski definition) is 1. The third kappa shape index (κ3) is 1.95. The average molecular weight is 200 g/mol. The topological polar surface area (TPSA) is 38.5 Å². The van der Waals surface area contributed by atoms with Crippen molar-refractivity contribution < 1.29 is 4.74 Å². The minimum absolute atomic E-state index is 0.0690. The van der Waals surface area contributed by atoms with Gasteiger partial charge in [-0.15, -0.1) is 0 Å². The summed E-state index contributed by atoms with van der Waals surface area (Å²) in [6, 6.07) is 0. The molecule has 1 heterocycles. The highest BCUT2D eigenvalue weighted by Gasteiger charge is 2.42. The third-order valence-corrected chi connectivity index (χ3v) is 3.95. The summed E-state index contributed by atoms with van der Waals surface area (Å²) in [5.41, 5.74) is 6.17. The minimum Gasteiger partial charge on any atom is -0.379 e. The molecule has 14 heavy (non-hydrogen) atoms. The van der Waals surface area contributed by atoms with Crippen molar-refractivity contribution in [3.8, 4) is 0 Å². The summed E-state index contributed by atoms with van der Waals surface area (Å²) in [4.78, 5) is 2.41.